The van der Waals surface area contributed by atoms with Crippen molar-refractivity contribution in [3.05, 3.63) is 10.8 Å². The highest BCUT2D eigenvalue weighted by Crippen LogP contribution is 2.24. The van der Waals surface area contributed by atoms with Crippen molar-refractivity contribution in [1.82, 2.24) is 14.5 Å². The topological polar surface area (TPSA) is 90.3 Å². The molecule has 0 amide bonds. The molecule has 0 unspecified atom stereocenters. The number of sulfonamides is 1. The van der Waals surface area contributed by atoms with E-state index in [9.17, 15) is 13.2 Å². The van der Waals surface area contributed by atoms with Gasteiger partial charge in [0.15, 0.2) is 0 Å². The summed E-state index contributed by atoms with van der Waals surface area (Å²) in [5, 5.41) is 3.95. The molecule has 9 heteroatoms. The first-order valence-electron chi connectivity index (χ1n) is 6.39. The van der Waals surface area contributed by atoms with Crippen LogP contribution in [0.15, 0.2) is 4.90 Å². The van der Waals surface area contributed by atoms with E-state index >= 15 is 0 Å². The minimum Gasteiger partial charge on any atom is -0.468 e. The molecule has 1 heterocycles. The zero-order valence-corrected chi connectivity index (χ0v) is 14.2. The average Bonchev–Trinajstić information content (AvgIpc) is 2.60. The van der Waals surface area contributed by atoms with E-state index in [4.69, 9.17) is 11.6 Å². The van der Waals surface area contributed by atoms with Crippen LogP contribution < -0.4 is 4.72 Å². The van der Waals surface area contributed by atoms with Gasteiger partial charge in [0, 0.05) is 7.05 Å². The van der Waals surface area contributed by atoms with Crippen molar-refractivity contribution in [3.63, 3.8) is 0 Å². The Morgan fingerprint density at radius 3 is 2.43 bits per heavy atom. The lowest BCUT2D eigenvalue weighted by Crippen LogP contribution is -2.42. The van der Waals surface area contributed by atoms with E-state index in [0.717, 1.165) is 0 Å². The smallest absolute Gasteiger partial charge is 0.323 e. The second-order valence-corrected chi connectivity index (χ2v) is 7.16. The molecule has 0 aliphatic rings. The zero-order chi connectivity index (χ0) is 16.4. The number of rotatable bonds is 6. The Kier molecular flexibility index (Phi) is 5.77. The van der Waals surface area contributed by atoms with Crippen LogP contribution in [0.1, 0.15) is 26.0 Å². The number of nitrogens with one attached hydrogen (secondary N) is 1. The number of aromatic nitrogens is 2. The van der Waals surface area contributed by atoms with Crippen LogP contribution in [0.25, 0.3) is 0 Å². The fourth-order valence-electron chi connectivity index (χ4n) is 1.97. The molecular formula is C12H20ClN3O4S. The number of methoxy groups -OCH3 is 1. The van der Waals surface area contributed by atoms with E-state index in [1.54, 1.807) is 7.05 Å². The highest BCUT2D eigenvalue weighted by atomic mass is 35.5. The summed E-state index contributed by atoms with van der Waals surface area (Å²) >= 11 is 5.97. The third-order valence-electron chi connectivity index (χ3n) is 2.86. The lowest BCUT2D eigenvalue weighted by molar-refractivity contribution is -0.143. The van der Waals surface area contributed by atoms with E-state index < -0.39 is 22.0 Å². The van der Waals surface area contributed by atoms with E-state index in [1.165, 1.54) is 18.7 Å². The highest BCUT2D eigenvalue weighted by molar-refractivity contribution is 7.89. The molecule has 0 spiro atoms. The first kappa shape index (κ1) is 17.9. The van der Waals surface area contributed by atoms with E-state index in [2.05, 4.69) is 14.6 Å². The Hall–Kier alpha value is -1.12. The first-order valence-corrected chi connectivity index (χ1v) is 8.25. The lowest BCUT2D eigenvalue weighted by atomic mass is 10.1. The molecule has 0 aliphatic heterocycles. The molecule has 7 nitrogen and oxygen atoms in total. The molecular weight excluding hydrogens is 318 g/mol. The van der Waals surface area contributed by atoms with Crippen molar-refractivity contribution in [2.75, 3.05) is 7.11 Å². The molecule has 0 fully saturated rings. The van der Waals surface area contributed by atoms with E-state index in [0.29, 0.717) is 6.42 Å². The van der Waals surface area contributed by atoms with Crippen LogP contribution >= 0.6 is 11.6 Å². The van der Waals surface area contributed by atoms with Gasteiger partial charge in [-0.05, 0) is 19.3 Å². The first-order chi connectivity index (χ1) is 9.60. The van der Waals surface area contributed by atoms with E-state index in [-0.39, 0.29) is 21.7 Å². The molecule has 1 atom stereocenters. The Balaban J connectivity index is 3.14. The Morgan fingerprint density at radius 2 is 2.05 bits per heavy atom. The molecule has 0 bridgehead atoms. The van der Waals surface area contributed by atoms with Gasteiger partial charge in [0.2, 0.25) is 10.0 Å². The predicted molar refractivity (Wildman–Crippen MR) is 78.5 cm³/mol. The number of ether oxygens (including phenoxy) is 1. The van der Waals surface area contributed by atoms with Crippen LogP contribution in [0.2, 0.25) is 5.15 Å². The molecule has 1 rings (SSSR count). The molecule has 0 radical (unpaired) electrons. The Morgan fingerprint density at radius 1 is 1.48 bits per heavy atom. The summed E-state index contributed by atoms with van der Waals surface area (Å²) in [5.41, 5.74) is 0.267. The summed E-state index contributed by atoms with van der Waals surface area (Å²) in [6, 6.07) is -0.962. The second-order valence-electron chi connectivity index (χ2n) is 5.16. The molecule has 1 aromatic rings. The molecule has 0 aliphatic carbocycles. The summed E-state index contributed by atoms with van der Waals surface area (Å²) < 4.78 is 33.1. The van der Waals surface area contributed by atoms with Gasteiger partial charge >= 0.3 is 5.97 Å². The van der Waals surface area contributed by atoms with Crippen LogP contribution in [0.5, 0.6) is 0 Å². The number of nitrogens with zero attached hydrogens (tertiary/aromatic N) is 2. The molecule has 1 N–H and O–H groups in total. The van der Waals surface area contributed by atoms with Crippen molar-refractivity contribution < 1.29 is 17.9 Å². The lowest BCUT2D eigenvalue weighted by Gasteiger charge is -2.18. The minimum absolute atomic E-state index is 0.00633. The van der Waals surface area contributed by atoms with Crippen LogP contribution in [0.3, 0.4) is 0 Å². The molecule has 0 saturated carbocycles. The number of aryl methyl sites for hydroxylation is 2. The van der Waals surface area contributed by atoms with Crippen LogP contribution in [0, 0.1) is 12.8 Å². The normalized spacial score (nSPS) is 13.5. The largest absolute Gasteiger partial charge is 0.468 e. The number of halogens is 1. The van der Waals surface area contributed by atoms with Crippen LogP contribution in [-0.4, -0.2) is 37.3 Å². The number of carbonyl (C=O) groups is 1. The zero-order valence-electron chi connectivity index (χ0n) is 12.7. The van der Waals surface area contributed by atoms with Gasteiger partial charge in [-0.1, -0.05) is 25.4 Å². The Labute approximate surface area is 129 Å². The fourth-order valence-corrected chi connectivity index (χ4v) is 3.92. The van der Waals surface area contributed by atoms with Crippen LogP contribution in [-0.2, 0) is 26.6 Å². The maximum absolute atomic E-state index is 12.4. The van der Waals surface area contributed by atoms with Gasteiger partial charge in [-0.2, -0.15) is 9.82 Å². The van der Waals surface area contributed by atoms with Gasteiger partial charge in [-0.25, -0.2) is 8.42 Å². The molecule has 120 valence electrons. The summed E-state index contributed by atoms with van der Waals surface area (Å²) in [6.45, 7) is 5.30. The second kappa shape index (κ2) is 6.76. The predicted octanol–water partition coefficient (Wildman–Crippen LogP) is 1.25. The number of hydrogen-bond donors (Lipinski definition) is 1. The fraction of sp³-hybridized carbons (Fsp3) is 0.667. The standard InChI is InChI=1S/C12H20ClN3O4S/c1-7(2)6-9(12(17)20-5)15-21(18,19)10-8(3)14-16(4)11(10)13/h7,9,15H,6H2,1-5H3/t9-/m1/s1. The van der Waals surface area contributed by atoms with Crippen molar-refractivity contribution in [2.24, 2.45) is 13.0 Å². The molecule has 21 heavy (non-hydrogen) atoms. The van der Waals surface area contributed by atoms with Crippen molar-refractivity contribution in [1.29, 1.82) is 0 Å². The SMILES string of the molecule is COC(=O)[C@@H](CC(C)C)NS(=O)(=O)c1c(C)nn(C)c1Cl. The number of hydrogen-bond acceptors (Lipinski definition) is 5. The van der Waals surface area contributed by atoms with Gasteiger partial charge in [-0.15, -0.1) is 0 Å². The Bertz CT molecular complexity index is 625. The third kappa shape index (κ3) is 4.18. The van der Waals surface area contributed by atoms with Gasteiger partial charge < -0.3 is 4.74 Å². The maximum atomic E-state index is 12.4. The quantitative estimate of drug-likeness (QED) is 0.789. The number of carbonyl (C=O) groups excluding carboxylic acids is 1. The number of esters is 1. The maximum Gasteiger partial charge on any atom is 0.323 e. The average molecular weight is 338 g/mol. The van der Waals surface area contributed by atoms with Gasteiger partial charge in [0.1, 0.15) is 16.1 Å². The van der Waals surface area contributed by atoms with Crippen molar-refractivity contribution in [2.45, 2.75) is 38.1 Å². The summed E-state index contributed by atoms with van der Waals surface area (Å²) in [4.78, 5) is 11.6. The third-order valence-corrected chi connectivity index (χ3v) is 5.03. The summed E-state index contributed by atoms with van der Waals surface area (Å²) in [7, 11) is -1.21. The van der Waals surface area contributed by atoms with Crippen molar-refractivity contribution in [3.8, 4) is 0 Å². The van der Waals surface area contributed by atoms with E-state index in [1.807, 2.05) is 13.8 Å². The highest BCUT2D eigenvalue weighted by Gasteiger charge is 2.31. The monoisotopic (exact) mass is 337 g/mol. The summed E-state index contributed by atoms with van der Waals surface area (Å²) in [5.74, 6) is -0.521. The molecule has 1 aromatic heterocycles. The summed E-state index contributed by atoms with van der Waals surface area (Å²) in [6.07, 6.45) is 0.322. The minimum atomic E-state index is -3.97. The molecule has 0 saturated heterocycles. The van der Waals surface area contributed by atoms with Gasteiger partial charge in [-0.3, -0.25) is 9.48 Å². The molecule has 0 aromatic carbocycles. The van der Waals surface area contributed by atoms with Crippen LogP contribution in [0.4, 0.5) is 0 Å². The van der Waals surface area contributed by atoms with Gasteiger partial charge in [0.25, 0.3) is 0 Å². The van der Waals surface area contributed by atoms with Gasteiger partial charge in [0.05, 0.1) is 12.8 Å². The van der Waals surface area contributed by atoms with Crippen molar-refractivity contribution >= 4 is 27.6 Å².